The first-order valence-electron chi connectivity index (χ1n) is 9.01. The molecule has 1 aromatic heterocycles. The average Bonchev–Trinajstić information content (AvgIpc) is 3.25. The average molecular weight is 336 g/mol. The molecule has 2 fully saturated rings. The predicted molar refractivity (Wildman–Crippen MR) is 98.3 cm³/mol. The van der Waals surface area contributed by atoms with Crippen molar-refractivity contribution in [3.8, 4) is 0 Å². The number of anilines is 1. The van der Waals surface area contributed by atoms with Gasteiger partial charge in [-0.15, -0.1) is 0 Å². The number of nitrogens with zero attached hydrogens (tertiary/aromatic N) is 3. The quantitative estimate of drug-likeness (QED) is 0.935. The van der Waals surface area contributed by atoms with Gasteiger partial charge < -0.3 is 10.2 Å². The fourth-order valence-electron chi connectivity index (χ4n) is 4.14. The van der Waals surface area contributed by atoms with E-state index >= 15 is 0 Å². The number of likely N-dealkylation sites (tertiary alicyclic amines) is 2. The van der Waals surface area contributed by atoms with E-state index in [9.17, 15) is 4.79 Å². The van der Waals surface area contributed by atoms with Crippen LogP contribution in [0.15, 0.2) is 54.7 Å². The van der Waals surface area contributed by atoms with Gasteiger partial charge in [-0.05, 0) is 50.1 Å². The van der Waals surface area contributed by atoms with E-state index in [2.05, 4.69) is 21.3 Å². The molecule has 0 bridgehead atoms. The zero-order chi connectivity index (χ0) is 17.1. The summed E-state index contributed by atoms with van der Waals surface area (Å²) in [6, 6.07) is 15.8. The summed E-state index contributed by atoms with van der Waals surface area (Å²) in [5.74, 6) is 0. The third kappa shape index (κ3) is 3.37. The van der Waals surface area contributed by atoms with Crippen molar-refractivity contribution in [3.63, 3.8) is 0 Å². The first-order valence-corrected chi connectivity index (χ1v) is 9.01. The highest BCUT2D eigenvalue weighted by molar-refractivity contribution is 5.89. The highest BCUT2D eigenvalue weighted by Gasteiger charge is 2.47. The second kappa shape index (κ2) is 6.84. The summed E-state index contributed by atoms with van der Waals surface area (Å²) in [6.07, 6.45) is 5.25. The number of hydrogen-bond donors (Lipinski definition) is 1. The Morgan fingerprint density at radius 2 is 1.92 bits per heavy atom. The fraction of sp³-hybridized carbons (Fsp3) is 0.400. The van der Waals surface area contributed by atoms with Gasteiger partial charge in [0.2, 0.25) is 0 Å². The van der Waals surface area contributed by atoms with Gasteiger partial charge in [0.1, 0.15) is 0 Å². The number of pyridine rings is 1. The largest absolute Gasteiger partial charge is 0.323 e. The van der Waals surface area contributed by atoms with Crippen LogP contribution >= 0.6 is 0 Å². The third-order valence-electron chi connectivity index (χ3n) is 5.46. The minimum Gasteiger partial charge on any atom is -0.323 e. The Morgan fingerprint density at radius 3 is 2.72 bits per heavy atom. The molecule has 2 aliphatic rings. The first kappa shape index (κ1) is 16.1. The monoisotopic (exact) mass is 336 g/mol. The number of amides is 2. The molecule has 2 aliphatic heterocycles. The number of rotatable bonds is 3. The number of hydrogen-bond acceptors (Lipinski definition) is 3. The van der Waals surface area contributed by atoms with E-state index in [0.717, 1.165) is 50.4 Å². The van der Waals surface area contributed by atoms with Crippen molar-refractivity contribution >= 4 is 11.7 Å². The highest BCUT2D eigenvalue weighted by Crippen LogP contribution is 2.38. The molecule has 1 spiro atoms. The van der Waals surface area contributed by atoms with Gasteiger partial charge in [0, 0.05) is 37.1 Å². The van der Waals surface area contributed by atoms with Gasteiger partial charge >= 0.3 is 6.03 Å². The van der Waals surface area contributed by atoms with E-state index < -0.39 is 0 Å². The second-order valence-corrected chi connectivity index (χ2v) is 7.04. The van der Waals surface area contributed by atoms with Crippen LogP contribution in [0.1, 0.15) is 25.0 Å². The summed E-state index contributed by atoms with van der Waals surface area (Å²) in [4.78, 5) is 21.6. The van der Waals surface area contributed by atoms with E-state index in [1.165, 1.54) is 6.42 Å². The molecule has 1 atom stereocenters. The molecule has 0 saturated carbocycles. The molecule has 1 N–H and O–H groups in total. The van der Waals surface area contributed by atoms with Crippen molar-refractivity contribution in [1.82, 2.24) is 14.8 Å². The Bertz CT molecular complexity index is 721. The summed E-state index contributed by atoms with van der Waals surface area (Å²) < 4.78 is 0. The number of benzene rings is 1. The smallest absolute Gasteiger partial charge is 0.321 e. The molecular weight excluding hydrogens is 312 g/mol. The Hall–Kier alpha value is -2.40. The fourth-order valence-corrected chi connectivity index (χ4v) is 4.14. The van der Waals surface area contributed by atoms with Crippen LogP contribution in [0.4, 0.5) is 10.5 Å². The number of carbonyl (C=O) groups excluding carboxylic acids is 1. The molecule has 2 saturated heterocycles. The van der Waals surface area contributed by atoms with Gasteiger partial charge in [-0.25, -0.2) is 4.79 Å². The van der Waals surface area contributed by atoms with Crippen molar-refractivity contribution in [2.75, 3.05) is 25.0 Å². The van der Waals surface area contributed by atoms with E-state index in [0.29, 0.717) is 0 Å². The molecule has 4 rings (SSSR count). The maximum Gasteiger partial charge on any atom is 0.321 e. The minimum atomic E-state index is 0.00719. The van der Waals surface area contributed by atoms with Crippen molar-refractivity contribution in [3.05, 3.63) is 60.4 Å². The molecule has 3 heterocycles. The van der Waals surface area contributed by atoms with Crippen molar-refractivity contribution in [2.24, 2.45) is 0 Å². The molecule has 1 aromatic carbocycles. The first-order chi connectivity index (χ1) is 12.3. The van der Waals surface area contributed by atoms with Crippen LogP contribution < -0.4 is 5.32 Å². The zero-order valence-electron chi connectivity index (χ0n) is 14.4. The van der Waals surface area contributed by atoms with Crippen molar-refractivity contribution in [1.29, 1.82) is 0 Å². The Labute approximate surface area is 148 Å². The molecule has 0 radical (unpaired) electrons. The molecule has 25 heavy (non-hydrogen) atoms. The lowest BCUT2D eigenvalue weighted by atomic mass is 9.95. The lowest BCUT2D eigenvalue weighted by molar-refractivity contribution is 0.134. The van der Waals surface area contributed by atoms with Crippen molar-refractivity contribution in [2.45, 2.75) is 31.3 Å². The number of nitrogens with one attached hydrogen (secondary N) is 1. The Morgan fingerprint density at radius 1 is 1.08 bits per heavy atom. The topological polar surface area (TPSA) is 48.5 Å². The van der Waals surface area contributed by atoms with Crippen LogP contribution in [0.3, 0.4) is 0 Å². The number of urea groups is 1. The van der Waals surface area contributed by atoms with Crippen LogP contribution in [-0.2, 0) is 6.54 Å². The summed E-state index contributed by atoms with van der Waals surface area (Å²) in [5, 5.41) is 3.01. The van der Waals surface area contributed by atoms with E-state index in [-0.39, 0.29) is 11.6 Å². The summed E-state index contributed by atoms with van der Waals surface area (Å²) in [6.45, 7) is 3.58. The Kier molecular flexibility index (Phi) is 4.40. The van der Waals surface area contributed by atoms with Gasteiger partial charge in [0.15, 0.2) is 0 Å². The van der Waals surface area contributed by atoms with Gasteiger partial charge in [-0.1, -0.05) is 24.3 Å². The van der Waals surface area contributed by atoms with Crippen LogP contribution in [0.5, 0.6) is 0 Å². The maximum absolute atomic E-state index is 12.6. The van der Waals surface area contributed by atoms with Crippen LogP contribution in [-0.4, -0.2) is 46.0 Å². The van der Waals surface area contributed by atoms with Crippen LogP contribution in [0.25, 0.3) is 0 Å². The number of carbonyl (C=O) groups is 1. The number of para-hydroxylation sites is 1. The molecule has 0 unspecified atom stereocenters. The predicted octanol–water partition coefficient (Wildman–Crippen LogP) is 3.35. The van der Waals surface area contributed by atoms with Gasteiger partial charge in [-0.3, -0.25) is 9.88 Å². The second-order valence-electron chi connectivity index (χ2n) is 7.04. The molecule has 2 amide bonds. The SMILES string of the molecule is O=C(Nc1ccccc1)N1CC[C@]2(CCCN2Cc2ccccn2)C1. The van der Waals surface area contributed by atoms with Gasteiger partial charge in [0.05, 0.1) is 5.69 Å². The standard InChI is InChI=1S/C20H24N4O/c25-19(22-17-7-2-1-3-8-17)23-14-11-20(16-23)10-6-13-24(20)15-18-9-4-5-12-21-18/h1-5,7-9,12H,6,10-11,13-16H2,(H,22,25)/t20-/m1/s1. The normalized spacial score (nSPS) is 23.3. The van der Waals surface area contributed by atoms with E-state index in [1.54, 1.807) is 0 Å². The number of aromatic nitrogens is 1. The maximum atomic E-state index is 12.6. The lowest BCUT2D eigenvalue weighted by Crippen LogP contribution is -2.47. The molecule has 130 valence electrons. The molecular formula is C20H24N4O. The minimum absolute atomic E-state index is 0.00719. The van der Waals surface area contributed by atoms with Crippen LogP contribution in [0, 0.1) is 0 Å². The van der Waals surface area contributed by atoms with Crippen LogP contribution in [0.2, 0.25) is 0 Å². The van der Waals surface area contributed by atoms with E-state index in [4.69, 9.17) is 0 Å². The summed E-state index contributed by atoms with van der Waals surface area (Å²) in [7, 11) is 0. The van der Waals surface area contributed by atoms with Gasteiger partial charge in [-0.2, -0.15) is 0 Å². The van der Waals surface area contributed by atoms with Gasteiger partial charge in [0.25, 0.3) is 0 Å². The molecule has 0 aliphatic carbocycles. The molecule has 5 nitrogen and oxygen atoms in total. The zero-order valence-corrected chi connectivity index (χ0v) is 14.4. The van der Waals surface area contributed by atoms with Crippen molar-refractivity contribution < 1.29 is 4.79 Å². The summed E-state index contributed by atoms with van der Waals surface area (Å²) in [5.41, 5.74) is 2.08. The highest BCUT2D eigenvalue weighted by atomic mass is 16.2. The third-order valence-corrected chi connectivity index (χ3v) is 5.46. The molecule has 5 heteroatoms. The Balaban J connectivity index is 1.42. The lowest BCUT2D eigenvalue weighted by Gasteiger charge is -2.34. The summed E-state index contributed by atoms with van der Waals surface area (Å²) >= 11 is 0. The van der Waals surface area contributed by atoms with E-state index in [1.807, 2.05) is 53.6 Å². The molecule has 2 aromatic rings.